The molecule has 1 aliphatic carbocycles. The summed E-state index contributed by atoms with van der Waals surface area (Å²) < 4.78 is 21.1. The van der Waals surface area contributed by atoms with E-state index in [2.05, 4.69) is 12.6 Å². The van der Waals surface area contributed by atoms with Crippen LogP contribution in [-0.2, 0) is 33.3 Å². The summed E-state index contributed by atoms with van der Waals surface area (Å²) in [6, 6.07) is 0. The van der Waals surface area contributed by atoms with Gasteiger partial charge >= 0.3 is 11.9 Å². The van der Waals surface area contributed by atoms with E-state index in [1.165, 1.54) is 0 Å². The van der Waals surface area contributed by atoms with Crippen molar-refractivity contribution in [2.75, 3.05) is 43.7 Å². The van der Waals surface area contributed by atoms with Crippen LogP contribution in [0.2, 0.25) is 0 Å². The highest BCUT2D eigenvalue weighted by molar-refractivity contribution is 7.99. The Morgan fingerprint density at radius 2 is 1.67 bits per heavy atom. The Morgan fingerprint density at radius 3 is 2.37 bits per heavy atom. The second kappa shape index (κ2) is 15.1. The van der Waals surface area contributed by atoms with Crippen molar-refractivity contribution in [2.24, 2.45) is 5.92 Å². The summed E-state index contributed by atoms with van der Waals surface area (Å²) in [4.78, 5) is 34.8. The van der Waals surface area contributed by atoms with Gasteiger partial charge in [0.25, 0.3) is 0 Å². The van der Waals surface area contributed by atoms with E-state index in [9.17, 15) is 14.4 Å². The first-order valence-corrected chi connectivity index (χ1v) is 12.6. The molecule has 7 nitrogen and oxygen atoms in total. The van der Waals surface area contributed by atoms with Crippen molar-refractivity contribution in [3.63, 3.8) is 0 Å². The van der Waals surface area contributed by atoms with E-state index in [0.29, 0.717) is 62.6 Å². The maximum absolute atomic E-state index is 11.9. The molecule has 3 unspecified atom stereocenters. The lowest BCUT2D eigenvalue weighted by Crippen LogP contribution is -2.20. The molecule has 1 saturated heterocycles. The van der Waals surface area contributed by atoms with Crippen LogP contribution in [0, 0.1) is 5.92 Å². The number of ketones is 1. The summed E-state index contributed by atoms with van der Waals surface area (Å²) in [5.74, 6) is 2.24. The van der Waals surface area contributed by atoms with Gasteiger partial charge in [-0.15, -0.1) is 0 Å². The quantitative estimate of drug-likeness (QED) is 0.153. The van der Waals surface area contributed by atoms with E-state index in [1.54, 1.807) is 11.8 Å². The Balaban J connectivity index is 1.33. The minimum atomic E-state index is -0.295. The van der Waals surface area contributed by atoms with E-state index >= 15 is 0 Å². The molecule has 0 radical (unpaired) electrons. The highest BCUT2D eigenvalue weighted by Crippen LogP contribution is 2.39. The third-order valence-corrected chi connectivity index (χ3v) is 6.46. The predicted molar refractivity (Wildman–Crippen MR) is 118 cm³/mol. The molecule has 0 N–H and O–H groups in total. The smallest absolute Gasteiger partial charge is 0.305 e. The molecule has 2 aliphatic rings. The monoisotopic (exact) mass is 462 g/mol. The number of carbonyl (C=O) groups is 3. The topological polar surface area (TPSA) is 91.4 Å². The number of ether oxygens (including phenoxy) is 4. The van der Waals surface area contributed by atoms with Gasteiger partial charge in [-0.1, -0.05) is 0 Å². The Hall–Kier alpha value is -0.770. The summed E-state index contributed by atoms with van der Waals surface area (Å²) in [6.07, 6.45) is 6.80. The lowest BCUT2D eigenvalue weighted by atomic mass is 9.90. The van der Waals surface area contributed by atoms with Crippen LogP contribution in [-0.4, -0.2) is 73.6 Å². The van der Waals surface area contributed by atoms with Crippen molar-refractivity contribution in [3.8, 4) is 0 Å². The number of thioether (sulfide) groups is 1. The number of esters is 2. The summed E-state index contributed by atoms with van der Waals surface area (Å²) in [6.45, 7) is 1.02. The van der Waals surface area contributed by atoms with Crippen molar-refractivity contribution in [1.29, 1.82) is 0 Å². The highest BCUT2D eigenvalue weighted by Gasteiger charge is 2.43. The fraction of sp³-hybridized carbons (Fsp3) is 0.857. The normalized spacial score (nSPS) is 22.2. The van der Waals surface area contributed by atoms with Crippen LogP contribution in [0.3, 0.4) is 0 Å². The molecule has 0 spiro atoms. The van der Waals surface area contributed by atoms with Gasteiger partial charge < -0.3 is 18.9 Å². The summed E-state index contributed by atoms with van der Waals surface area (Å²) in [5.41, 5.74) is 0. The molecule has 2 fully saturated rings. The molecule has 0 aromatic carbocycles. The van der Waals surface area contributed by atoms with E-state index in [-0.39, 0.29) is 37.5 Å². The van der Waals surface area contributed by atoms with Crippen LogP contribution >= 0.6 is 24.4 Å². The highest BCUT2D eigenvalue weighted by atomic mass is 32.2. The molecule has 0 aromatic heterocycles. The Kier molecular flexibility index (Phi) is 12.8. The number of epoxide rings is 1. The summed E-state index contributed by atoms with van der Waals surface area (Å²) in [5, 5.41) is 0. The number of thiol groups is 1. The number of Topliss-reactive ketones (excluding diaryl/α,β-unsaturated/α-hetero) is 1. The Morgan fingerprint density at radius 1 is 0.933 bits per heavy atom. The standard InChI is InChI=1S/C21H34O7S2/c22-17(15-25-14-16-5-6-18-19(13-16)28-18)7-12-30-11-2-4-21(24)27-9-8-26-20(23)3-1-10-29/h16,18-19,29H,1-15H2. The first-order chi connectivity index (χ1) is 14.6. The molecule has 1 saturated carbocycles. The number of hydrogen-bond donors (Lipinski definition) is 1. The fourth-order valence-corrected chi connectivity index (χ4v) is 4.42. The average Bonchev–Trinajstić information content (AvgIpc) is 3.51. The minimum Gasteiger partial charge on any atom is -0.462 e. The van der Waals surface area contributed by atoms with Gasteiger partial charge in [0.2, 0.25) is 0 Å². The van der Waals surface area contributed by atoms with E-state index < -0.39 is 0 Å². The SMILES string of the molecule is O=C(CCSCCCC(=O)OCCOC(=O)CCCS)COCC1CCC2OC2C1. The van der Waals surface area contributed by atoms with Crippen molar-refractivity contribution >= 4 is 42.1 Å². The lowest BCUT2D eigenvalue weighted by Gasteiger charge is -2.18. The third kappa shape index (κ3) is 11.6. The number of carbonyl (C=O) groups excluding carboxylic acids is 3. The molecular formula is C21H34O7S2. The van der Waals surface area contributed by atoms with Crippen LogP contribution in [0.25, 0.3) is 0 Å². The van der Waals surface area contributed by atoms with Crippen LogP contribution in [0.15, 0.2) is 0 Å². The zero-order chi connectivity index (χ0) is 21.6. The first kappa shape index (κ1) is 25.5. The van der Waals surface area contributed by atoms with Gasteiger partial charge in [-0.05, 0) is 49.5 Å². The predicted octanol–water partition coefficient (Wildman–Crippen LogP) is 2.84. The summed E-state index contributed by atoms with van der Waals surface area (Å²) >= 11 is 5.68. The molecule has 0 bridgehead atoms. The molecule has 9 heteroatoms. The van der Waals surface area contributed by atoms with E-state index in [0.717, 1.165) is 30.8 Å². The third-order valence-electron chi connectivity index (χ3n) is 5.07. The van der Waals surface area contributed by atoms with Crippen molar-refractivity contribution in [3.05, 3.63) is 0 Å². The first-order valence-electron chi connectivity index (χ1n) is 10.8. The van der Waals surface area contributed by atoms with Crippen LogP contribution < -0.4 is 0 Å². The zero-order valence-electron chi connectivity index (χ0n) is 17.6. The maximum Gasteiger partial charge on any atom is 0.305 e. The molecule has 172 valence electrons. The molecule has 2 rings (SSSR count). The molecule has 1 aliphatic heterocycles. The van der Waals surface area contributed by atoms with Crippen molar-refractivity contribution in [1.82, 2.24) is 0 Å². The Labute approximate surface area is 188 Å². The van der Waals surface area contributed by atoms with Gasteiger partial charge in [-0.25, -0.2) is 0 Å². The molecule has 0 aromatic rings. The Bertz CT molecular complexity index is 543. The van der Waals surface area contributed by atoms with Gasteiger partial charge in [-0.3, -0.25) is 14.4 Å². The molecule has 1 heterocycles. The van der Waals surface area contributed by atoms with Crippen LogP contribution in [0.5, 0.6) is 0 Å². The fourth-order valence-electron chi connectivity index (χ4n) is 3.34. The van der Waals surface area contributed by atoms with Crippen molar-refractivity contribution in [2.45, 2.75) is 63.6 Å². The van der Waals surface area contributed by atoms with Crippen LogP contribution in [0.4, 0.5) is 0 Å². The summed E-state index contributed by atoms with van der Waals surface area (Å²) in [7, 11) is 0. The van der Waals surface area contributed by atoms with Gasteiger partial charge in [-0.2, -0.15) is 24.4 Å². The number of rotatable bonds is 17. The number of hydrogen-bond acceptors (Lipinski definition) is 9. The maximum atomic E-state index is 11.9. The van der Waals surface area contributed by atoms with E-state index in [1.807, 2.05) is 0 Å². The van der Waals surface area contributed by atoms with Gasteiger partial charge in [0.05, 0.1) is 18.8 Å². The average molecular weight is 463 g/mol. The lowest BCUT2D eigenvalue weighted by molar-refractivity contribution is -0.152. The van der Waals surface area contributed by atoms with E-state index in [4.69, 9.17) is 18.9 Å². The second-order valence-electron chi connectivity index (χ2n) is 7.68. The van der Waals surface area contributed by atoms with Gasteiger partial charge in [0, 0.05) is 25.0 Å². The number of fused-ring (bicyclic) bond motifs is 1. The molecular weight excluding hydrogens is 428 g/mol. The zero-order valence-corrected chi connectivity index (χ0v) is 19.3. The molecule has 0 amide bonds. The minimum absolute atomic E-state index is 0.0855. The second-order valence-corrected chi connectivity index (χ2v) is 9.35. The molecule has 30 heavy (non-hydrogen) atoms. The van der Waals surface area contributed by atoms with Gasteiger partial charge in [0.1, 0.15) is 19.8 Å². The largest absolute Gasteiger partial charge is 0.462 e. The van der Waals surface area contributed by atoms with Crippen LogP contribution in [0.1, 0.15) is 51.4 Å². The molecule has 3 atom stereocenters. The van der Waals surface area contributed by atoms with Gasteiger partial charge in [0.15, 0.2) is 5.78 Å². The van der Waals surface area contributed by atoms with Crippen molar-refractivity contribution < 1.29 is 33.3 Å².